The topological polar surface area (TPSA) is 52.8 Å². The van der Waals surface area contributed by atoms with E-state index in [4.69, 9.17) is 28.5 Å². The minimum atomic E-state index is 0.0840. The molecule has 1 atom stereocenters. The predicted molar refractivity (Wildman–Crippen MR) is 82.7 cm³/mol. The molecule has 0 bridgehead atoms. The second-order valence-electron chi connectivity index (χ2n) is 4.95. The normalized spacial score (nSPS) is 17.2. The number of nitriles is 1. The number of aromatic nitrogens is 2. The number of benzene rings is 1. The van der Waals surface area contributed by atoms with Gasteiger partial charge in [-0.2, -0.15) is 5.26 Å². The number of anilines is 1. The zero-order chi connectivity index (χ0) is 15.0. The number of hydrogen-bond acceptors (Lipinski definition) is 4. The fourth-order valence-electron chi connectivity index (χ4n) is 2.74. The second-order valence-corrected chi connectivity index (χ2v) is 5.80. The number of nitrogens with zero attached hydrogens (tertiary/aromatic N) is 4. The van der Waals surface area contributed by atoms with E-state index in [0.29, 0.717) is 15.7 Å². The zero-order valence-corrected chi connectivity index (χ0v) is 12.9. The van der Waals surface area contributed by atoms with Gasteiger partial charge in [-0.05, 0) is 36.6 Å². The van der Waals surface area contributed by atoms with Crippen LogP contribution in [0.25, 0.3) is 0 Å². The van der Waals surface area contributed by atoms with Gasteiger partial charge in [0.05, 0.1) is 18.4 Å². The largest absolute Gasteiger partial charge is 0.348 e. The Morgan fingerprint density at radius 2 is 2.10 bits per heavy atom. The summed E-state index contributed by atoms with van der Waals surface area (Å²) in [5, 5.41) is 10.1. The molecule has 3 rings (SSSR count). The molecular formula is C15H12Cl2N4. The average molecular weight is 319 g/mol. The number of fused-ring (bicyclic) bond motifs is 1. The summed E-state index contributed by atoms with van der Waals surface area (Å²) in [6, 6.07) is 5.80. The molecule has 106 valence electrons. The van der Waals surface area contributed by atoms with Crippen LogP contribution >= 0.6 is 23.2 Å². The van der Waals surface area contributed by atoms with E-state index in [9.17, 15) is 0 Å². The van der Waals surface area contributed by atoms with Crippen LogP contribution in [-0.2, 0) is 6.42 Å². The fourth-order valence-corrected chi connectivity index (χ4v) is 3.44. The Morgan fingerprint density at radius 3 is 2.76 bits per heavy atom. The highest BCUT2D eigenvalue weighted by atomic mass is 35.5. The maximum absolute atomic E-state index is 8.79. The van der Waals surface area contributed by atoms with E-state index < -0.39 is 0 Å². The highest BCUT2D eigenvalue weighted by Crippen LogP contribution is 2.38. The maximum Gasteiger partial charge on any atom is 0.158 e. The van der Waals surface area contributed by atoms with Crippen molar-refractivity contribution in [3.63, 3.8) is 0 Å². The van der Waals surface area contributed by atoms with Gasteiger partial charge in [0, 0.05) is 16.6 Å². The number of rotatable bonds is 1. The van der Waals surface area contributed by atoms with Gasteiger partial charge in [-0.1, -0.05) is 23.2 Å². The first-order valence-corrected chi connectivity index (χ1v) is 7.32. The summed E-state index contributed by atoms with van der Waals surface area (Å²) < 4.78 is 0. The van der Waals surface area contributed by atoms with E-state index in [1.54, 1.807) is 12.3 Å². The standard InChI is InChI=1S/C15H12Cl2N4/c1-9-15-10(4-11(16)5-13(15)17)2-3-21(9)14-8-19-12(6-18)7-20-14/h4-5,7-9H,2-3H2,1H3. The van der Waals surface area contributed by atoms with Crippen LogP contribution in [0, 0.1) is 11.3 Å². The summed E-state index contributed by atoms with van der Waals surface area (Å²) >= 11 is 12.4. The first kappa shape index (κ1) is 14.1. The number of halogens is 2. The predicted octanol–water partition coefficient (Wildman–Crippen LogP) is 3.78. The average Bonchev–Trinajstić information content (AvgIpc) is 2.47. The third kappa shape index (κ3) is 2.55. The molecule has 2 aromatic rings. The van der Waals surface area contributed by atoms with Crippen LogP contribution in [0.2, 0.25) is 10.0 Å². The van der Waals surface area contributed by atoms with Crippen LogP contribution in [-0.4, -0.2) is 16.5 Å². The van der Waals surface area contributed by atoms with Crippen LogP contribution in [0.3, 0.4) is 0 Å². The molecule has 1 aromatic carbocycles. The van der Waals surface area contributed by atoms with Crippen LogP contribution in [0.1, 0.15) is 29.8 Å². The fraction of sp³-hybridized carbons (Fsp3) is 0.267. The summed E-state index contributed by atoms with van der Waals surface area (Å²) in [6.45, 7) is 2.89. The summed E-state index contributed by atoms with van der Waals surface area (Å²) in [5.41, 5.74) is 2.57. The lowest BCUT2D eigenvalue weighted by atomic mass is 9.93. The zero-order valence-electron chi connectivity index (χ0n) is 11.3. The maximum atomic E-state index is 8.79. The first-order valence-electron chi connectivity index (χ1n) is 6.56. The molecule has 6 heteroatoms. The molecule has 0 amide bonds. The Kier molecular flexibility index (Phi) is 3.71. The summed E-state index contributed by atoms with van der Waals surface area (Å²) in [7, 11) is 0. The molecule has 0 N–H and O–H groups in total. The highest BCUT2D eigenvalue weighted by Gasteiger charge is 2.27. The van der Waals surface area contributed by atoms with Crippen molar-refractivity contribution in [2.45, 2.75) is 19.4 Å². The van der Waals surface area contributed by atoms with Gasteiger partial charge in [-0.25, -0.2) is 9.97 Å². The molecule has 0 radical (unpaired) electrons. The molecule has 1 aliphatic heterocycles. The van der Waals surface area contributed by atoms with Crippen molar-refractivity contribution in [3.05, 3.63) is 51.4 Å². The SMILES string of the molecule is CC1c2c(Cl)cc(Cl)cc2CCN1c1cnc(C#N)cn1. The van der Waals surface area contributed by atoms with Crippen molar-refractivity contribution in [2.24, 2.45) is 0 Å². The minimum absolute atomic E-state index is 0.0840. The van der Waals surface area contributed by atoms with Gasteiger partial charge < -0.3 is 4.90 Å². The molecule has 1 aliphatic rings. The Hall–Kier alpha value is -1.83. The Labute approximate surface area is 133 Å². The van der Waals surface area contributed by atoms with Gasteiger partial charge in [0.2, 0.25) is 0 Å². The molecule has 0 aliphatic carbocycles. The molecule has 0 fully saturated rings. The van der Waals surface area contributed by atoms with E-state index in [1.807, 2.05) is 12.1 Å². The van der Waals surface area contributed by atoms with Crippen LogP contribution < -0.4 is 4.90 Å². The smallest absolute Gasteiger partial charge is 0.158 e. The van der Waals surface area contributed by atoms with Crippen LogP contribution in [0.4, 0.5) is 5.82 Å². The van der Waals surface area contributed by atoms with Crippen molar-refractivity contribution in [2.75, 3.05) is 11.4 Å². The Balaban J connectivity index is 1.98. The van der Waals surface area contributed by atoms with Gasteiger partial charge in [0.1, 0.15) is 11.9 Å². The monoisotopic (exact) mass is 318 g/mol. The third-order valence-electron chi connectivity index (χ3n) is 3.73. The van der Waals surface area contributed by atoms with Gasteiger partial charge >= 0.3 is 0 Å². The second kappa shape index (κ2) is 5.51. The van der Waals surface area contributed by atoms with Crippen molar-refractivity contribution >= 4 is 29.0 Å². The Bertz CT molecular complexity index is 722. The van der Waals surface area contributed by atoms with Crippen molar-refractivity contribution in [1.82, 2.24) is 9.97 Å². The lowest BCUT2D eigenvalue weighted by molar-refractivity contribution is 0.616. The highest BCUT2D eigenvalue weighted by molar-refractivity contribution is 6.35. The van der Waals surface area contributed by atoms with E-state index >= 15 is 0 Å². The molecule has 0 spiro atoms. The van der Waals surface area contributed by atoms with Gasteiger partial charge in [-0.15, -0.1) is 0 Å². The molecule has 0 saturated carbocycles. The minimum Gasteiger partial charge on any atom is -0.348 e. The molecule has 1 aromatic heterocycles. The van der Waals surface area contributed by atoms with Crippen molar-refractivity contribution < 1.29 is 0 Å². The molecule has 1 unspecified atom stereocenters. The van der Waals surface area contributed by atoms with Crippen LogP contribution in [0.5, 0.6) is 0 Å². The Morgan fingerprint density at radius 1 is 1.29 bits per heavy atom. The third-order valence-corrected chi connectivity index (χ3v) is 4.27. The number of hydrogen-bond donors (Lipinski definition) is 0. The van der Waals surface area contributed by atoms with E-state index in [-0.39, 0.29) is 6.04 Å². The molecule has 4 nitrogen and oxygen atoms in total. The molecule has 0 saturated heterocycles. The van der Waals surface area contributed by atoms with Gasteiger partial charge in [0.25, 0.3) is 0 Å². The lowest BCUT2D eigenvalue weighted by Crippen LogP contribution is -2.34. The molecule has 2 heterocycles. The van der Waals surface area contributed by atoms with E-state index in [0.717, 1.165) is 24.3 Å². The molecule has 21 heavy (non-hydrogen) atoms. The lowest BCUT2D eigenvalue weighted by Gasteiger charge is -2.36. The summed E-state index contributed by atoms with van der Waals surface area (Å²) in [4.78, 5) is 10.5. The van der Waals surface area contributed by atoms with Crippen molar-refractivity contribution in [3.8, 4) is 6.07 Å². The van der Waals surface area contributed by atoms with Gasteiger partial charge in [-0.3, -0.25) is 0 Å². The van der Waals surface area contributed by atoms with E-state index in [2.05, 4.69) is 21.8 Å². The van der Waals surface area contributed by atoms with Gasteiger partial charge in [0.15, 0.2) is 5.69 Å². The molecular weight excluding hydrogens is 307 g/mol. The first-order chi connectivity index (χ1) is 10.1. The van der Waals surface area contributed by atoms with Crippen LogP contribution in [0.15, 0.2) is 24.5 Å². The van der Waals surface area contributed by atoms with Crippen molar-refractivity contribution in [1.29, 1.82) is 5.26 Å². The quantitative estimate of drug-likeness (QED) is 0.803. The van der Waals surface area contributed by atoms with E-state index in [1.165, 1.54) is 11.8 Å². The summed E-state index contributed by atoms with van der Waals surface area (Å²) in [6.07, 6.45) is 3.96. The summed E-state index contributed by atoms with van der Waals surface area (Å²) in [5.74, 6) is 0.748.